The number of hydrogen-bond acceptors (Lipinski definition) is 10. The average molecular weight is 1320 g/mol. The Bertz CT molecular complexity index is 1640. The van der Waals surface area contributed by atoms with Gasteiger partial charge >= 0.3 is 5.97 Å². The highest BCUT2D eigenvalue weighted by molar-refractivity contribution is 5.76. The minimum atomic E-state index is -1.57. The Balaban J connectivity index is 1.86. The van der Waals surface area contributed by atoms with Crippen LogP contribution in [0.1, 0.15) is 412 Å². The molecule has 1 amide bonds. The van der Waals surface area contributed by atoms with Gasteiger partial charge < -0.3 is 45.1 Å². The molecule has 0 radical (unpaired) electrons. The first-order chi connectivity index (χ1) is 45.7. The lowest BCUT2D eigenvalue weighted by atomic mass is 9.99. The summed E-state index contributed by atoms with van der Waals surface area (Å²) in [6, 6.07) is -0.807. The van der Waals surface area contributed by atoms with Crippen LogP contribution in [0.3, 0.4) is 0 Å². The normalized spacial score (nSPS) is 17.6. The number of rotatable bonds is 73. The second-order valence-corrected chi connectivity index (χ2v) is 28.5. The molecular formula is C82H155NO10. The van der Waals surface area contributed by atoms with Crippen molar-refractivity contribution in [3.63, 3.8) is 0 Å². The van der Waals surface area contributed by atoms with Crippen LogP contribution < -0.4 is 5.32 Å². The molecule has 11 nitrogen and oxygen atoms in total. The van der Waals surface area contributed by atoms with Crippen molar-refractivity contribution in [1.82, 2.24) is 5.32 Å². The number of hydrogen-bond donors (Lipinski definition) is 6. The molecule has 1 heterocycles. The van der Waals surface area contributed by atoms with E-state index in [4.69, 9.17) is 14.2 Å². The summed E-state index contributed by atoms with van der Waals surface area (Å²) in [7, 11) is 0. The van der Waals surface area contributed by atoms with Crippen molar-refractivity contribution in [2.24, 2.45) is 0 Å². The quantitative estimate of drug-likeness (QED) is 0.0195. The molecule has 0 spiro atoms. The molecule has 1 fully saturated rings. The highest BCUT2D eigenvalue weighted by Gasteiger charge is 2.44. The number of amides is 1. The highest BCUT2D eigenvalue weighted by Crippen LogP contribution is 2.24. The zero-order valence-electron chi connectivity index (χ0n) is 61.2. The first-order valence-electron chi connectivity index (χ1n) is 40.8. The fourth-order valence-electron chi connectivity index (χ4n) is 13.1. The molecule has 0 saturated carbocycles. The molecule has 1 aliphatic rings. The number of aliphatic hydroxyl groups is 5. The van der Waals surface area contributed by atoms with Gasteiger partial charge in [-0.25, -0.2) is 0 Å². The molecule has 0 bridgehead atoms. The summed E-state index contributed by atoms with van der Waals surface area (Å²) in [4.78, 5) is 25.2. The molecule has 6 N–H and O–H groups in total. The average Bonchev–Trinajstić information content (AvgIpc) is 0.887. The number of unbranched alkanes of at least 4 members (excludes halogenated alkanes) is 55. The summed E-state index contributed by atoms with van der Waals surface area (Å²) >= 11 is 0. The van der Waals surface area contributed by atoms with E-state index in [1.807, 2.05) is 6.08 Å². The van der Waals surface area contributed by atoms with E-state index in [2.05, 4.69) is 43.5 Å². The number of carbonyl (C=O) groups is 2. The third-order valence-corrected chi connectivity index (χ3v) is 19.5. The predicted molar refractivity (Wildman–Crippen MR) is 394 cm³/mol. The lowest BCUT2D eigenvalue weighted by Gasteiger charge is -2.40. The van der Waals surface area contributed by atoms with Gasteiger partial charge in [0, 0.05) is 12.8 Å². The lowest BCUT2D eigenvalue weighted by Crippen LogP contribution is -2.60. The van der Waals surface area contributed by atoms with Crippen molar-refractivity contribution in [3.05, 3.63) is 36.5 Å². The number of aliphatic hydroxyl groups excluding tert-OH is 5. The Morgan fingerprint density at radius 3 is 1.09 bits per heavy atom. The zero-order chi connectivity index (χ0) is 67.2. The number of carbonyl (C=O) groups excluding carboxylic acids is 2. The first kappa shape index (κ1) is 88.9. The largest absolute Gasteiger partial charge is 0.466 e. The van der Waals surface area contributed by atoms with Crippen molar-refractivity contribution < 1.29 is 49.3 Å². The molecule has 0 aromatic carbocycles. The maximum Gasteiger partial charge on any atom is 0.305 e. The molecule has 548 valence electrons. The van der Waals surface area contributed by atoms with Crippen LogP contribution in [0.4, 0.5) is 0 Å². The molecule has 1 aliphatic heterocycles. The zero-order valence-corrected chi connectivity index (χ0v) is 61.2. The van der Waals surface area contributed by atoms with Gasteiger partial charge in [-0.3, -0.25) is 9.59 Å². The summed E-state index contributed by atoms with van der Waals surface area (Å²) < 4.78 is 16.8. The van der Waals surface area contributed by atoms with Gasteiger partial charge in [0.25, 0.3) is 0 Å². The molecule has 0 aliphatic carbocycles. The van der Waals surface area contributed by atoms with Gasteiger partial charge in [-0.2, -0.15) is 0 Å². The van der Waals surface area contributed by atoms with Gasteiger partial charge in [-0.15, -0.1) is 0 Å². The van der Waals surface area contributed by atoms with Gasteiger partial charge in [0.2, 0.25) is 5.91 Å². The minimum Gasteiger partial charge on any atom is -0.466 e. The second kappa shape index (κ2) is 71.2. The summed E-state index contributed by atoms with van der Waals surface area (Å²) in [5.74, 6) is -0.159. The van der Waals surface area contributed by atoms with Crippen LogP contribution in [0.15, 0.2) is 36.5 Å². The molecule has 1 saturated heterocycles. The summed E-state index contributed by atoms with van der Waals surface area (Å²) in [6.45, 7) is 4.38. The van der Waals surface area contributed by atoms with Gasteiger partial charge in [-0.1, -0.05) is 371 Å². The highest BCUT2D eigenvalue weighted by atomic mass is 16.7. The van der Waals surface area contributed by atoms with Crippen LogP contribution >= 0.6 is 0 Å². The molecule has 7 unspecified atom stereocenters. The standard InChI is InChI=1S/C82H155NO10/c1-3-5-7-9-11-13-15-16-17-44-47-50-54-58-62-66-70-78(87)91-71-67-63-59-55-51-48-45-42-40-38-36-34-32-30-28-26-24-22-20-18-19-21-23-25-27-29-31-33-35-37-39-41-43-46-49-53-57-61-65-69-77(86)83-74(73-92-82-81(90)80(89)79(88)76(72-84)93-82)75(85)68-64-60-56-52-14-12-10-8-6-4-2/h18-19,22,24,64,68,74-76,79-82,84-85,88-90H,3-17,20-21,23,25-63,65-67,69-73H2,1-2H3,(H,83,86)/b19-18-,24-22-,68-64+. The van der Waals surface area contributed by atoms with Gasteiger partial charge in [0.05, 0.1) is 32.0 Å². The van der Waals surface area contributed by atoms with Crippen molar-refractivity contribution in [2.75, 3.05) is 19.8 Å². The van der Waals surface area contributed by atoms with E-state index in [9.17, 15) is 35.1 Å². The van der Waals surface area contributed by atoms with E-state index in [1.54, 1.807) is 6.08 Å². The monoisotopic (exact) mass is 1310 g/mol. The molecule has 0 aromatic heterocycles. The van der Waals surface area contributed by atoms with Crippen molar-refractivity contribution >= 4 is 11.9 Å². The van der Waals surface area contributed by atoms with E-state index in [-0.39, 0.29) is 18.5 Å². The number of esters is 1. The number of nitrogens with one attached hydrogen (secondary N) is 1. The summed E-state index contributed by atoms with van der Waals surface area (Å²) in [6.07, 6.45) is 83.4. The van der Waals surface area contributed by atoms with Crippen LogP contribution in [0, 0.1) is 0 Å². The molecule has 0 aromatic rings. The molecule has 7 atom stereocenters. The summed E-state index contributed by atoms with van der Waals surface area (Å²) in [5.41, 5.74) is 0. The molecular weight excluding hydrogens is 1160 g/mol. The Morgan fingerprint density at radius 1 is 0.398 bits per heavy atom. The van der Waals surface area contributed by atoms with Crippen molar-refractivity contribution in [3.8, 4) is 0 Å². The first-order valence-corrected chi connectivity index (χ1v) is 40.8. The van der Waals surface area contributed by atoms with Gasteiger partial charge in [-0.05, 0) is 64.2 Å². The SMILES string of the molecule is CCCCCCCCCC/C=C/C(O)C(COC1OC(CO)C(O)C(O)C1O)NC(=O)CCCCCCCCCCCCCCCCCCC/C=C\C/C=C\CCCCCCCCCCCCCCCCCOC(=O)CCCCCCCCCCCCCCCCCC. The fourth-order valence-corrected chi connectivity index (χ4v) is 13.1. The van der Waals surface area contributed by atoms with Crippen LogP contribution in [0.5, 0.6) is 0 Å². The van der Waals surface area contributed by atoms with Crippen molar-refractivity contribution in [2.45, 2.75) is 455 Å². The Kier molecular flexibility index (Phi) is 68.0. The summed E-state index contributed by atoms with van der Waals surface area (Å²) in [5, 5.41) is 54.4. The maximum absolute atomic E-state index is 13.0. The third kappa shape index (κ3) is 59.6. The topological polar surface area (TPSA) is 175 Å². The van der Waals surface area contributed by atoms with Gasteiger partial charge in [0.1, 0.15) is 24.4 Å². The molecule has 1 rings (SSSR count). The van der Waals surface area contributed by atoms with Gasteiger partial charge in [0.15, 0.2) is 6.29 Å². The Hall–Kier alpha value is -2.12. The van der Waals surface area contributed by atoms with E-state index < -0.39 is 49.5 Å². The smallest absolute Gasteiger partial charge is 0.305 e. The van der Waals surface area contributed by atoms with Crippen LogP contribution in [-0.4, -0.2) is 100 Å². The van der Waals surface area contributed by atoms with Crippen molar-refractivity contribution in [1.29, 1.82) is 0 Å². The van der Waals surface area contributed by atoms with Crippen LogP contribution in [-0.2, 0) is 23.8 Å². The third-order valence-electron chi connectivity index (χ3n) is 19.5. The lowest BCUT2D eigenvalue weighted by molar-refractivity contribution is -0.302. The van der Waals surface area contributed by atoms with E-state index >= 15 is 0 Å². The number of allylic oxidation sites excluding steroid dienone is 5. The molecule has 93 heavy (non-hydrogen) atoms. The van der Waals surface area contributed by atoms with Crippen LogP contribution in [0.25, 0.3) is 0 Å². The Labute approximate surface area is 574 Å². The Morgan fingerprint density at radius 2 is 0.720 bits per heavy atom. The predicted octanol–water partition coefficient (Wildman–Crippen LogP) is 22.1. The van der Waals surface area contributed by atoms with E-state index in [0.717, 1.165) is 57.8 Å². The fraction of sp³-hybridized carbons (Fsp3) is 0.902. The maximum atomic E-state index is 13.0. The molecule has 11 heteroatoms. The van der Waals surface area contributed by atoms with E-state index in [1.165, 1.54) is 327 Å². The van der Waals surface area contributed by atoms with E-state index in [0.29, 0.717) is 19.4 Å². The second-order valence-electron chi connectivity index (χ2n) is 28.5. The minimum absolute atomic E-state index is 0.0188. The van der Waals surface area contributed by atoms with Crippen LogP contribution in [0.2, 0.25) is 0 Å². The number of ether oxygens (including phenoxy) is 3.